The van der Waals surface area contributed by atoms with Crippen LogP contribution in [0.3, 0.4) is 0 Å². The maximum atomic E-state index is 12.9. The van der Waals surface area contributed by atoms with Crippen LogP contribution in [-0.4, -0.2) is 39.6 Å². The molecule has 0 N–H and O–H groups in total. The molecule has 4 rings (SSSR count). The lowest BCUT2D eigenvalue weighted by Crippen LogP contribution is -2.48. The van der Waals surface area contributed by atoms with Crippen LogP contribution in [0, 0.1) is 13.8 Å². The molecule has 0 bridgehead atoms. The smallest absolute Gasteiger partial charge is 0.262 e. The van der Waals surface area contributed by atoms with Gasteiger partial charge in [0.2, 0.25) is 5.91 Å². The van der Waals surface area contributed by atoms with Crippen LogP contribution < -0.4 is 5.56 Å². The summed E-state index contributed by atoms with van der Waals surface area (Å²) in [4.78, 5) is 33.9. The summed E-state index contributed by atoms with van der Waals surface area (Å²) in [5.41, 5.74) is 1.99. The molecule has 0 unspecified atom stereocenters. The van der Waals surface area contributed by atoms with Gasteiger partial charge in [0, 0.05) is 17.8 Å². The number of morpholine rings is 1. The van der Waals surface area contributed by atoms with E-state index in [1.165, 1.54) is 11.3 Å². The Morgan fingerprint density at radius 3 is 2.79 bits per heavy atom. The van der Waals surface area contributed by atoms with Crippen LogP contribution in [0.4, 0.5) is 0 Å². The molecule has 3 heterocycles. The van der Waals surface area contributed by atoms with Gasteiger partial charge < -0.3 is 9.64 Å². The highest BCUT2D eigenvalue weighted by atomic mass is 32.1. The number of nitrogens with zero attached hydrogens (tertiary/aromatic N) is 3. The molecule has 1 amide bonds. The summed E-state index contributed by atoms with van der Waals surface area (Å²) in [6, 6.07) is 9.99. The highest BCUT2D eigenvalue weighted by molar-refractivity contribution is 7.18. The Morgan fingerprint density at radius 1 is 1.28 bits per heavy atom. The molecule has 7 heteroatoms. The Morgan fingerprint density at radius 2 is 2.03 bits per heavy atom. The molecule has 1 saturated heterocycles. The normalized spacial score (nSPS) is 19.6. The fourth-order valence-corrected chi connectivity index (χ4v) is 4.75. The summed E-state index contributed by atoms with van der Waals surface area (Å²) in [5, 5.41) is 0.673. The van der Waals surface area contributed by atoms with Gasteiger partial charge in [-0.15, -0.1) is 11.3 Å². The quantitative estimate of drug-likeness (QED) is 0.660. The molecule has 0 aliphatic carbocycles. The number of carbonyl (C=O) groups is 1. The van der Waals surface area contributed by atoms with Crippen molar-refractivity contribution in [3.8, 4) is 0 Å². The van der Waals surface area contributed by atoms with E-state index in [0.717, 1.165) is 20.8 Å². The minimum atomic E-state index is -0.117. The highest BCUT2D eigenvalue weighted by Crippen LogP contribution is 2.26. The van der Waals surface area contributed by atoms with Gasteiger partial charge in [0.1, 0.15) is 10.9 Å². The number of fused-ring (bicyclic) bond motifs is 1. The van der Waals surface area contributed by atoms with Crippen molar-refractivity contribution in [1.82, 2.24) is 14.5 Å². The monoisotopic (exact) mass is 411 g/mol. The summed E-state index contributed by atoms with van der Waals surface area (Å²) in [6.07, 6.45) is 1.71. The zero-order valence-corrected chi connectivity index (χ0v) is 17.7. The lowest BCUT2D eigenvalue weighted by atomic mass is 10.1. The van der Waals surface area contributed by atoms with E-state index in [-0.39, 0.29) is 30.0 Å². The molecule has 0 saturated carbocycles. The van der Waals surface area contributed by atoms with Gasteiger partial charge in [0.25, 0.3) is 5.56 Å². The first-order valence-electron chi connectivity index (χ1n) is 9.87. The zero-order chi connectivity index (χ0) is 20.5. The van der Waals surface area contributed by atoms with Crippen molar-refractivity contribution in [2.75, 3.05) is 13.2 Å². The van der Waals surface area contributed by atoms with Gasteiger partial charge in [0.15, 0.2) is 0 Å². The van der Waals surface area contributed by atoms with Crippen LogP contribution in [0.25, 0.3) is 10.2 Å². The molecule has 2 atom stereocenters. The number of aryl methyl sites for hydroxylation is 3. The maximum Gasteiger partial charge on any atom is 0.262 e. The first-order chi connectivity index (χ1) is 14.0. The summed E-state index contributed by atoms with van der Waals surface area (Å²) < 4.78 is 7.50. The van der Waals surface area contributed by atoms with Crippen molar-refractivity contribution < 1.29 is 9.53 Å². The summed E-state index contributed by atoms with van der Waals surface area (Å²) in [7, 11) is 0. The van der Waals surface area contributed by atoms with Gasteiger partial charge >= 0.3 is 0 Å². The van der Waals surface area contributed by atoms with E-state index < -0.39 is 0 Å². The minimum Gasteiger partial charge on any atom is -0.370 e. The van der Waals surface area contributed by atoms with Crippen molar-refractivity contribution >= 4 is 27.5 Å². The fraction of sp³-hybridized carbons (Fsp3) is 0.409. The van der Waals surface area contributed by atoms with Crippen LogP contribution >= 0.6 is 11.3 Å². The second-order valence-electron chi connectivity index (χ2n) is 7.58. The second-order valence-corrected chi connectivity index (χ2v) is 8.79. The lowest BCUT2D eigenvalue weighted by molar-refractivity contribution is -0.144. The number of aromatic nitrogens is 2. The molecule has 1 fully saturated rings. The Hall–Kier alpha value is -2.51. The summed E-state index contributed by atoms with van der Waals surface area (Å²) in [5.74, 6) is 0.0342. The minimum absolute atomic E-state index is 0.0153. The van der Waals surface area contributed by atoms with Crippen LogP contribution in [0.5, 0.6) is 0 Å². The van der Waals surface area contributed by atoms with Crippen LogP contribution in [0.1, 0.15) is 35.5 Å². The average molecular weight is 412 g/mol. The van der Waals surface area contributed by atoms with Crippen molar-refractivity contribution in [2.24, 2.45) is 0 Å². The standard InChI is InChI=1S/C22H25N3O3S/c1-14-12-28-18(17-7-5-4-6-8-17)11-25(14)19(26)9-10-24-13-23-21-20(22(24)27)15(2)16(3)29-21/h4-8,13-14,18H,9-12H2,1-3H3/t14-,18-/m1/s1. The third-order valence-electron chi connectivity index (χ3n) is 5.65. The molecule has 0 radical (unpaired) electrons. The van der Waals surface area contributed by atoms with Gasteiger partial charge in [-0.1, -0.05) is 30.3 Å². The first-order valence-corrected chi connectivity index (χ1v) is 10.7. The van der Waals surface area contributed by atoms with Gasteiger partial charge in [0.05, 0.1) is 30.9 Å². The third kappa shape index (κ3) is 3.84. The first kappa shape index (κ1) is 19.8. The molecule has 0 spiro atoms. The summed E-state index contributed by atoms with van der Waals surface area (Å²) >= 11 is 1.53. The molecule has 1 aromatic carbocycles. The van der Waals surface area contributed by atoms with E-state index >= 15 is 0 Å². The van der Waals surface area contributed by atoms with E-state index in [1.807, 2.05) is 56.0 Å². The van der Waals surface area contributed by atoms with E-state index in [4.69, 9.17) is 4.74 Å². The number of hydrogen-bond donors (Lipinski definition) is 0. The van der Waals surface area contributed by atoms with E-state index in [2.05, 4.69) is 4.98 Å². The number of ether oxygens (including phenoxy) is 1. The zero-order valence-electron chi connectivity index (χ0n) is 16.9. The van der Waals surface area contributed by atoms with Crippen molar-refractivity contribution in [1.29, 1.82) is 0 Å². The molecular formula is C22H25N3O3S. The predicted molar refractivity (Wildman–Crippen MR) is 114 cm³/mol. The Bertz CT molecular complexity index is 1090. The third-order valence-corrected chi connectivity index (χ3v) is 6.76. The molecule has 1 aliphatic rings. The SMILES string of the molecule is Cc1sc2ncn(CCC(=O)N3C[C@H](c4ccccc4)OC[C@H]3C)c(=O)c2c1C. The number of rotatable bonds is 4. The number of carbonyl (C=O) groups excluding carboxylic acids is 1. The number of hydrogen-bond acceptors (Lipinski definition) is 5. The molecule has 6 nitrogen and oxygen atoms in total. The Labute approximate surface area is 173 Å². The second kappa shape index (κ2) is 8.08. The average Bonchev–Trinajstić information content (AvgIpc) is 3.02. The summed E-state index contributed by atoms with van der Waals surface area (Å²) in [6.45, 7) is 7.31. The van der Waals surface area contributed by atoms with Crippen molar-refractivity contribution in [3.05, 3.63) is 63.0 Å². The highest BCUT2D eigenvalue weighted by Gasteiger charge is 2.30. The largest absolute Gasteiger partial charge is 0.370 e. The van der Waals surface area contributed by atoms with Crippen LogP contribution in [0.2, 0.25) is 0 Å². The predicted octanol–water partition coefficient (Wildman–Crippen LogP) is 3.45. The van der Waals surface area contributed by atoms with Crippen molar-refractivity contribution in [2.45, 2.75) is 45.9 Å². The molecule has 3 aromatic rings. The van der Waals surface area contributed by atoms with Crippen molar-refractivity contribution in [3.63, 3.8) is 0 Å². The topological polar surface area (TPSA) is 64.4 Å². The maximum absolute atomic E-state index is 12.9. The van der Waals surface area contributed by atoms with Gasteiger partial charge in [-0.2, -0.15) is 0 Å². The Kier molecular flexibility index (Phi) is 5.52. The molecular weight excluding hydrogens is 386 g/mol. The van der Waals surface area contributed by atoms with E-state index in [9.17, 15) is 9.59 Å². The van der Waals surface area contributed by atoms with Gasteiger partial charge in [-0.3, -0.25) is 14.2 Å². The van der Waals surface area contributed by atoms with Crippen LogP contribution in [-0.2, 0) is 16.1 Å². The van der Waals surface area contributed by atoms with E-state index in [0.29, 0.717) is 25.1 Å². The number of amides is 1. The molecule has 1 aliphatic heterocycles. The Balaban J connectivity index is 1.47. The lowest BCUT2D eigenvalue weighted by Gasteiger charge is -2.38. The van der Waals surface area contributed by atoms with Crippen LogP contribution in [0.15, 0.2) is 41.5 Å². The number of benzene rings is 1. The van der Waals surface area contributed by atoms with Gasteiger partial charge in [-0.25, -0.2) is 4.98 Å². The molecule has 2 aromatic heterocycles. The van der Waals surface area contributed by atoms with E-state index in [1.54, 1.807) is 10.9 Å². The number of thiophene rings is 1. The fourth-order valence-electron chi connectivity index (χ4n) is 3.76. The molecule has 152 valence electrons. The van der Waals surface area contributed by atoms with Gasteiger partial charge in [-0.05, 0) is 31.9 Å². The molecule has 29 heavy (non-hydrogen) atoms.